The predicted octanol–water partition coefficient (Wildman–Crippen LogP) is 1.43. The molecule has 0 bridgehead atoms. The monoisotopic (exact) mass is 261 g/mol. The average Bonchev–Trinajstić information content (AvgIpc) is 2.65. The van der Waals surface area contributed by atoms with Crippen molar-refractivity contribution in [3.8, 4) is 0 Å². The van der Waals surface area contributed by atoms with E-state index in [0.717, 1.165) is 0 Å². The van der Waals surface area contributed by atoms with Gasteiger partial charge in [0.25, 0.3) is 0 Å². The lowest BCUT2D eigenvalue weighted by molar-refractivity contribution is 0.0807. The molecule has 2 fully saturated rings. The summed E-state index contributed by atoms with van der Waals surface area (Å²) in [7, 11) is 0. The second-order valence-corrected chi connectivity index (χ2v) is 6.14. The van der Waals surface area contributed by atoms with Gasteiger partial charge < -0.3 is 10.2 Å². The van der Waals surface area contributed by atoms with Crippen LogP contribution in [0.1, 0.15) is 27.2 Å². The van der Waals surface area contributed by atoms with Crippen LogP contribution in [-0.4, -0.2) is 61.7 Å². The maximum atomic E-state index is 3.49. The van der Waals surface area contributed by atoms with Crippen LogP contribution in [0.4, 0.5) is 0 Å². The van der Waals surface area contributed by atoms with E-state index in [9.17, 15) is 0 Å². The first kappa shape index (κ1) is 15.2. The van der Waals surface area contributed by atoms with E-state index in [1.54, 1.807) is 0 Å². The third kappa shape index (κ3) is 4.09. The number of nitrogens with one attached hydrogen (secondary N) is 1. The van der Waals surface area contributed by atoms with Gasteiger partial charge in [0.15, 0.2) is 0 Å². The summed E-state index contributed by atoms with van der Waals surface area (Å²) in [6, 6.07) is 0.714. The van der Waals surface area contributed by atoms with Crippen molar-refractivity contribution in [2.45, 2.75) is 33.2 Å². The van der Waals surface area contributed by atoms with Gasteiger partial charge in [-0.25, -0.2) is 0 Å². The fourth-order valence-electron chi connectivity index (χ4n) is 2.98. The van der Waals surface area contributed by atoms with Gasteiger partial charge in [0.2, 0.25) is 0 Å². The van der Waals surface area contributed by atoms with Gasteiger partial charge in [-0.15, -0.1) is 12.4 Å². The van der Waals surface area contributed by atoms with Crippen LogP contribution >= 0.6 is 12.4 Å². The van der Waals surface area contributed by atoms with E-state index in [4.69, 9.17) is 0 Å². The van der Waals surface area contributed by atoms with Gasteiger partial charge in [0, 0.05) is 45.3 Å². The fraction of sp³-hybridized carbons (Fsp3) is 1.00. The highest BCUT2D eigenvalue weighted by Gasteiger charge is 2.31. The molecule has 17 heavy (non-hydrogen) atoms. The van der Waals surface area contributed by atoms with E-state index < -0.39 is 0 Å². The summed E-state index contributed by atoms with van der Waals surface area (Å²) in [5.41, 5.74) is 0.528. The number of rotatable bonds is 3. The molecule has 0 spiro atoms. The van der Waals surface area contributed by atoms with E-state index in [1.165, 1.54) is 52.2 Å². The van der Waals surface area contributed by atoms with Gasteiger partial charge >= 0.3 is 0 Å². The summed E-state index contributed by atoms with van der Waals surface area (Å²) in [6.45, 7) is 15.8. The largest absolute Gasteiger partial charge is 0.316 e. The second-order valence-electron chi connectivity index (χ2n) is 6.14. The number of halogens is 1. The molecule has 0 aliphatic carbocycles. The van der Waals surface area contributed by atoms with Gasteiger partial charge in [0.1, 0.15) is 0 Å². The van der Waals surface area contributed by atoms with Crippen LogP contribution in [-0.2, 0) is 0 Å². The Hall–Kier alpha value is 0.170. The lowest BCUT2D eigenvalue weighted by atomic mass is 9.89. The molecule has 2 heterocycles. The molecule has 2 aliphatic heterocycles. The van der Waals surface area contributed by atoms with Crippen LogP contribution in [0.3, 0.4) is 0 Å². The van der Waals surface area contributed by atoms with Gasteiger partial charge in [-0.3, -0.25) is 4.90 Å². The molecule has 102 valence electrons. The molecule has 0 aromatic heterocycles. The summed E-state index contributed by atoms with van der Waals surface area (Å²) in [5, 5.41) is 3.49. The highest BCUT2D eigenvalue weighted by atomic mass is 35.5. The molecular formula is C13H28ClN3. The van der Waals surface area contributed by atoms with Crippen molar-refractivity contribution in [2.75, 3.05) is 45.8 Å². The molecule has 2 saturated heterocycles. The van der Waals surface area contributed by atoms with Crippen LogP contribution in [0.25, 0.3) is 0 Å². The third-order valence-corrected chi connectivity index (χ3v) is 4.20. The first-order valence-electron chi connectivity index (χ1n) is 6.76. The number of piperazine rings is 1. The molecule has 0 aromatic carbocycles. The molecule has 4 heteroatoms. The van der Waals surface area contributed by atoms with Gasteiger partial charge in [-0.05, 0) is 32.2 Å². The summed E-state index contributed by atoms with van der Waals surface area (Å²) in [6.07, 6.45) is 1.34. The van der Waals surface area contributed by atoms with Crippen molar-refractivity contribution in [3.63, 3.8) is 0 Å². The predicted molar refractivity (Wildman–Crippen MR) is 76.0 cm³/mol. The quantitative estimate of drug-likeness (QED) is 0.829. The zero-order valence-electron chi connectivity index (χ0n) is 11.5. The summed E-state index contributed by atoms with van der Waals surface area (Å²) in [5.74, 6) is 0. The zero-order chi connectivity index (χ0) is 11.6. The molecule has 1 unspecified atom stereocenters. The minimum atomic E-state index is 0. The lowest BCUT2D eigenvalue weighted by Gasteiger charge is -2.40. The number of nitrogens with zero attached hydrogens (tertiary/aromatic N) is 2. The Morgan fingerprint density at radius 3 is 2.29 bits per heavy atom. The maximum absolute atomic E-state index is 3.49. The molecule has 0 radical (unpaired) electrons. The first-order chi connectivity index (χ1) is 7.59. The molecule has 0 amide bonds. The standard InChI is InChI=1S/C13H27N3.ClH/c1-12(2)16-8-6-15(7-9-16)11-13(3)4-5-14-10-13;/h12,14H,4-11H2,1-3H3;1H. The van der Waals surface area contributed by atoms with Crippen molar-refractivity contribution in [1.29, 1.82) is 0 Å². The number of hydrogen-bond acceptors (Lipinski definition) is 3. The van der Waals surface area contributed by atoms with Crippen molar-refractivity contribution in [3.05, 3.63) is 0 Å². The average molecular weight is 262 g/mol. The van der Waals surface area contributed by atoms with Crippen molar-refractivity contribution in [2.24, 2.45) is 5.41 Å². The van der Waals surface area contributed by atoms with E-state index in [1.807, 2.05) is 0 Å². The van der Waals surface area contributed by atoms with Crippen LogP contribution < -0.4 is 5.32 Å². The van der Waals surface area contributed by atoms with E-state index in [2.05, 4.69) is 35.9 Å². The maximum Gasteiger partial charge on any atom is 0.0113 e. The Morgan fingerprint density at radius 2 is 1.82 bits per heavy atom. The highest BCUT2D eigenvalue weighted by Crippen LogP contribution is 2.26. The molecule has 0 aromatic rings. The van der Waals surface area contributed by atoms with Crippen LogP contribution in [0.2, 0.25) is 0 Å². The van der Waals surface area contributed by atoms with Gasteiger partial charge in [0.05, 0.1) is 0 Å². The molecule has 0 saturated carbocycles. The normalized spacial score (nSPS) is 31.8. The minimum absolute atomic E-state index is 0. The summed E-state index contributed by atoms with van der Waals surface area (Å²) >= 11 is 0. The molecule has 2 rings (SSSR count). The second kappa shape index (κ2) is 6.37. The van der Waals surface area contributed by atoms with E-state index >= 15 is 0 Å². The molecule has 1 N–H and O–H groups in total. The SMILES string of the molecule is CC(C)N1CCN(CC2(C)CCNC2)CC1.Cl. The lowest BCUT2D eigenvalue weighted by Crippen LogP contribution is -2.51. The van der Waals surface area contributed by atoms with Crippen LogP contribution in [0.5, 0.6) is 0 Å². The van der Waals surface area contributed by atoms with Gasteiger partial charge in [-0.1, -0.05) is 6.92 Å². The van der Waals surface area contributed by atoms with Crippen LogP contribution in [0, 0.1) is 5.41 Å². The molecular weight excluding hydrogens is 234 g/mol. The van der Waals surface area contributed by atoms with Crippen molar-refractivity contribution < 1.29 is 0 Å². The molecule has 3 nitrogen and oxygen atoms in total. The Bertz CT molecular complexity index is 219. The molecule has 1 atom stereocenters. The van der Waals surface area contributed by atoms with Crippen molar-refractivity contribution >= 4 is 12.4 Å². The number of hydrogen-bond donors (Lipinski definition) is 1. The van der Waals surface area contributed by atoms with Gasteiger partial charge in [-0.2, -0.15) is 0 Å². The third-order valence-electron chi connectivity index (χ3n) is 4.20. The van der Waals surface area contributed by atoms with Crippen LogP contribution in [0.15, 0.2) is 0 Å². The zero-order valence-corrected chi connectivity index (χ0v) is 12.4. The summed E-state index contributed by atoms with van der Waals surface area (Å²) in [4.78, 5) is 5.25. The van der Waals surface area contributed by atoms with E-state index in [0.29, 0.717) is 11.5 Å². The van der Waals surface area contributed by atoms with E-state index in [-0.39, 0.29) is 12.4 Å². The molecule has 2 aliphatic rings. The Morgan fingerprint density at radius 1 is 1.18 bits per heavy atom. The smallest absolute Gasteiger partial charge is 0.0113 e. The highest BCUT2D eigenvalue weighted by molar-refractivity contribution is 5.85. The minimum Gasteiger partial charge on any atom is -0.316 e. The Kier molecular flexibility index (Phi) is 5.71. The Balaban J connectivity index is 0.00000144. The first-order valence-corrected chi connectivity index (χ1v) is 6.76. The Labute approximate surface area is 112 Å². The van der Waals surface area contributed by atoms with Crippen molar-refractivity contribution in [1.82, 2.24) is 15.1 Å². The topological polar surface area (TPSA) is 18.5 Å². The fourth-order valence-corrected chi connectivity index (χ4v) is 2.98. The summed E-state index contributed by atoms with van der Waals surface area (Å²) < 4.78 is 0.